The second-order valence-corrected chi connectivity index (χ2v) is 9.90. The number of hydrazone groups is 1. The lowest BCUT2D eigenvalue weighted by atomic mass is 10.1. The molecule has 1 aliphatic heterocycles. The molecule has 4 aromatic rings. The zero-order valence-electron chi connectivity index (χ0n) is 20.0. The summed E-state index contributed by atoms with van der Waals surface area (Å²) in [6, 6.07) is 20.9. The first kappa shape index (κ1) is 24.1. The summed E-state index contributed by atoms with van der Waals surface area (Å²) in [5.41, 5.74) is 5.47. The number of anilines is 1. The number of sulfonamides is 1. The number of fused-ring (bicyclic) bond motifs is 3. The molecule has 37 heavy (non-hydrogen) atoms. The molecule has 10 nitrogen and oxygen atoms in total. The van der Waals surface area contributed by atoms with Crippen molar-refractivity contribution in [3.8, 4) is 34.0 Å². The van der Waals surface area contributed by atoms with Crippen molar-refractivity contribution in [1.82, 2.24) is 15.6 Å². The number of rotatable bonds is 7. The van der Waals surface area contributed by atoms with Crippen molar-refractivity contribution < 1.29 is 22.7 Å². The summed E-state index contributed by atoms with van der Waals surface area (Å²) in [7, 11) is -1.00. The number of aromatic amines is 1. The fraction of sp³-hybridized carbons (Fsp3) is 0.115. The zero-order valence-corrected chi connectivity index (χ0v) is 20.8. The van der Waals surface area contributed by atoms with Gasteiger partial charge in [-0.1, -0.05) is 48.5 Å². The van der Waals surface area contributed by atoms with Gasteiger partial charge in [0.2, 0.25) is 0 Å². The summed E-state index contributed by atoms with van der Waals surface area (Å²) in [5, 5.41) is 11.4. The second-order valence-electron chi connectivity index (χ2n) is 8.07. The number of nitrogens with one attached hydrogen (secondary N) is 2. The molecule has 0 atom stereocenters. The Bertz CT molecular complexity index is 1590. The Kier molecular flexibility index (Phi) is 6.36. The van der Waals surface area contributed by atoms with Crippen LogP contribution in [-0.4, -0.2) is 51.5 Å². The summed E-state index contributed by atoms with van der Waals surface area (Å²) in [4.78, 5) is 13.0. The fourth-order valence-electron chi connectivity index (χ4n) is 4.13. The number of aromatic nitrogens is 2. The first-order valence-electron chi connectivity index (χ1n) is 11.2. The molecule has 1 aromatic heterocycles. The van der Waals surface area contributed by atoms with Crippen LogP contribution < -0.4 is 19.2 Å². The maximum absolute atomic E-state index is 13.7. The van der Waals surface area contributed by atoms with Gasteiger partial charge in [-0.15, -0.1) is 0 Å². The number of nitrogens with zero attached hydrogens (tertiary/aromatic N) is 3. The van der Waals surface area contributed by atoms with Crippen LogP contribution in [-0.2, 0) is 14.8 Å². The van der Waals surface area contributed by atoms with Gasteiger partial charge in [0.15, 0.2) is 0 Å². The van der Waals surface area contributed by atoms with E-state index < -0.39 is 22.5 Å². The number of carbonyl (C=O) groups excluding carboxylic acids is 1. The van der Waals surface area contributed by atoms with Crippen LogP contribution in [0.15, 0.2) is 82.8 Å². The van der Waals surface area contributed by atoms with E-state index in [0.29, 0.717) is 45.3 Å². The van der Waals surface area contributed by atoms with E-state index in [1.165, 1.54) is 19.4 Å². The zero-order chi connectivity index (χ0) is 26.0. The molecule has 0 unspecified atom stereocenters. The van der Waals surface area contributed by atoms with Crippen LogP contribution in [0.4, 0.5) is 5.69 Å². The molecule has 3 aromatic carbocycles. The van der Waals surface area contributed by atoms with Gasteiger partial charge >= 0.3 is 0 Å². The topological polar surface area (TPSA) is 126 Å². The number of methoxy groups -OCH3 is 2. The molecule has 0 aliphatic carbocycles. The number of benzene rings is 3. The van der Waals surface area contributed by atoms with E-state index in [2.05, 4.69) is 20.7 Å². The monoisotopic (exact) mass is 517 g/mol. The molecule has 2 N–H and O–H groups in total. The van der Waals surface area contributed by atoms with Crippen molar-refractivity contribution in [2.24, 2.45) is 5.10 Å². The van der Waals surface area contributed by atoms with E-state index >= 15 is 0 Å². The standard InChI is InChI=1S/C26H23N5O5S/c1-35-19-13-12-18(21(14-19)36-2)15-27-28-23(32)16-31-26-24(17-8-4-3-5-9-17)29-30-25(26)20-10-6-7-11-22(20)37(31,33)34/h3-15H,16H2,1-2H3,(H,28,32)(H,29,30)/b27-15+. The third-order valence-electron chi connectivity index (χ3n) is 5.88. The van der Waals surface area contributed by atoms with Gasteiger partial charge in [-0.2, -0.15) is 10.2 Å². The van der Waals surface area contributed by atoms with E-state index in [1.54, 1.807) is 43.5 Å². The van der Waals surface area contributed by atoms with Crippen LogP contribution in [0.5, 0.6) is 11.5 Å². The molecule has 2 heterocycles. The van der Waals surface area contributed by atoms with Crippen molar-refractivity contribution in [3.63, 3.8) is 0 Å². The van der Waals surface area contributed by atoms with E-state index in [9.17, 15) is 13.2 Å². The number of hydrogen-bond acceptors (Lipinski definition) is 7. The number of hydrogen-bond donors (Lipinski definition) is 2. The molecule has 0 fully saturated rings. The summed E-state index contributed by atoms with van der Waals surface area (Å²) in [5.74, 6) is 0.486. The quantitative estimate of drug-likeness (QED) is 0.286. The smallest absolute Gasteiger partial charge is 0.265 e. The Labute approximate surface area is 213 Å². The van der Waals surface area contributed by atoms with Crippen LogP contribution in [0.2, 0.25) is 0 Å². The Balaban J connectivity index is 1.47. The third-order valence-corrected chi connectivity index (χ3v) is 7.69. The van der Waals surface area contributed by atoms with Gasteiger partial charge in [-0.05, 0) is 18.2 Å². The van der Waals surface area contributed by atoms with Gasteiger partial charge in [-0.3, -0.25) is 14.2 Å². The Morgan fingerprint density at radius 3 is 2.57 bits per heavy atom. The number of carbonyl (C=O) groups is 1. The fourth-order valence-corrected chi connectivity index (χ4v) is 5.77. The Morgan fingerprint density at radius 2 is 1.81 bits per heavy atom. The van der Waals surface area contributed by atoms with Gasteiger partial charge in [0.25, 0.3) is 15.9 Å². The highest BCUT2D eigenvalue weighted by molar-refractivity contribution is 7.93. The van der Waals surface area contributed by atoms with Crippen LogP contribution in [0, 0.1) is 0 Å². The first-order valence-corrected chi connectivity index (χ1v) is 12.7. The minimum Gasteiger partial charge on any atom is -0.497 e. The molecule has 5 rings (SSSR count). The van der Waals surface area contributed by atoms with Crippen molar-refractivity contribution in [1.29, 1.82) is 0 Å². The summed E-state index contributed by atoms with van der Waals surface area (Å²) < 4.78 is 38.9. The van der Waals surface area contributed by atoms with Crippen LogP contribution in [0.3, 0.4) is 0 Å². The van der Waals surface area contributed by atoms with Gasteiger partial charge in [0.05, 0.1) is 31.0 Å². The van der Waals surface area contributed by atoms with Crippen molar-refractivity contribution in [2.75, 3.05) is 25.1 Å². The largest absolute Gasteiger partial charge is 0.497 e. The number of ether oxygens (including phenoxy) is 2. The molecule has 1 aliphatic rings. The molecule has 0 saturated heterocycles. The Hall–Kier alpha value is -4.64. The lowest BCUT2D eigenvalue weighted by Crippen LogP contribution is -2.41. The van der Waals surface area contributed by atoms with Gasteiger partial charge in [-0.25, -0.2) is 13.8 Å². The highest BCUT2D eigenvalue weighted by atomic mass is 32.2. The molecular formula is C26H23N5O5S. The average molecular weight is 518 g/mol. The Morgan fingerprint density at radius 1 is 1.05 bits per heavy atom. The van der Waals surface area contributed by atoms with Gasteiger partial charge in [0.1, 0.15) is 29.4 Å². The molecular weight excluding hydrogens is 494 g/mol. The minimum atomic E-state index is -4.06. The molecule has 0 spiro atoms. The normalized spacial score (nSPS) is 13.6. The molecule has 0 radical (unpaired) electrons. The second kappa shape index (κ2) is 9.78. The summed E-state index contributed by atoms with van der Waals surface area (Å²) >= 11 is 0. The lowest BCUT2D eigenvalue weighted by molar-refractivity contribution is -0.119. The third kappa shape index (κ3) is 4.40. The van der Waals surface area contributed by atoms with Crippen LogP contribution in [0.25, 0.3) is 22.5 Å². The van der Waals surface area contributed by atoms with E-state index in [1.807, 2.05) is 30.3 Å². The maximum atomic E-state index is 13.7. The average Bonchev–Trinajstić information content (AvgIpc) is 3.37. The highest BCUT2D eigenvalue weighted by Crippen LogP contribution is 2.46. The molecule has 11 heteroatoms. The first-order chi connectivity index (χ1) is 17.9. The summed E-state index contributed by atoms with van der Waals surface area (Å²) in [6.45, 7) is -0.500. The minimum absolute atomic E-state index is 0.0880. The SMILES string of the molecule is COc1ccc(/C=N/NC(=O)CN2c3c(-c4ccccc4)n[nH]c3-c3ccccc3S2(=O)=O)c(OC)c1. The van der Waals surface area contributed by atoms with E-state index in [0.717, 1.165) is 4.31 Å². The van der Waals surface area contributed by atoms with Crippen molar-refractivity contribution in [2.45, 2.75) is 4.90 Å². The van der Waals surface area contributed by atoms with Gasteiger partial charge in [0, 0.05) is 22.8 Å². The molecule has 0 saturated carbocycles. The molecule has 188 valence electrons. The van der Waals surface area contributed by atoms with Crippen LogP contribution >= 0.6 is 0 Å². The highest BCUT2D eigenvalue weighted by Gasteiger charge is 2.39. The van der Waals surface area contributed by atoms with Crippen molar-refractivity contribution >= 4 is 27.8 Å². The molecule has 1 amide bonds. The maximum Gasteiger partial charge on any atom is 0.265 e. The van der Waals surface area contributed by atoms with Crippen LogP contribution in [0.1, 0.15) is 5.56 Å². The predicted octanol–water partition coefficient (Wildman–Crippen LogP) is 3.42. The number of H-pyrrole nitrogens is 1. The van der Waals surface area contributed by atoms with E-state index in [4.69, 9.17) is 9.47 Å². The predicted molar refractivity (Wildman–Crippen MR) is 139 cm³/mol. The molecule has 0 bridgehead atoms. The lowest BCUT2D eigenvalue weighted by Gasteiger charge is -2.29. The van der Waals surface area contributed by atoms with E-state index in [-0.39, 0.29) is 4.90 Å². The van der Waals surface area contributed by atoms with Crippen molar-refractivity contribution in [3.05, 3.63) is 78.4 Å². The number of amides is 1. The summed E-state index contributed by atoms with van der Waals surface area (Å²) in [6.07, 6.45) is 1.41. The van der Waals surface area contributed by atoms with Gasteiger partial charge < -0.3 is 9.47 Å².